The fourth-order valence-corrected chi connectivity index (χ4v) is 3.55. The fraction of sp³-hybridized carbons (Fsp3) is 0.600. The molecule has 1 N–H and O–H groups in total. The van der Waals surface area contributed by atoms with E-state index < -0.39 is 22.0 Å². The lowest BCUT2D eigenvalue weighted by Crippen LogP contribution is -2.40. The summed E-state index contributed by atoms with van der Waals surface area (Å²) in [5.41, 5.74) is 0. The van der Waals surface area contributed by atoms with Gasteiger partial charge in [-0.1, -0.05) is 6.92 Å². The van der Waals surface area contributed by atoms with Gasteiger partial charge in [0, 0.05) is 19.6 Å². The molecule has 0 aromatic carbocycles. The molecule has 0 amide bonds. The van der Waals surface area contributed by atoms with Crippen molar-refractivity contribution in [2.45, 2.75) is 31.3 Å². The van der Waals surface area contributed by atoms with Crippen LogP contribution in [0.3, 0.4) is 0 Å². The van der Waals surface area contributed by atoms with Crippen molar-refractivity contribution in [1.29, 1.82) is 0 Å². The van der Waals surface area contributed by atoms with E-state index in [1.54, 1.807) is 13.8 Å². The predicted octanol–water partition coefficient (Wildman–Crippen LogP) is 0.294. The maximum atomic E-state index is 12.3. The summed E-state index contributed by atoms with van der Waals surface area (Å²) in [7, 11) is -2.18. The predicted molar refractivity (Wildman–Crippen MR) is 64.5 cm³/mol. The summed E-state index contributed by atoms with van der Waals surface area (Å²) in [6.45, 7) is 3.46. The monoisotopic (exact) mass is 275 g/mol. The molecule has 1 rings (SSSR count). The van der Waals surface area contributed by atoms with Gasteiger partial charge in [-0.15, -0.1) is 0 Å². The number of carboxylic acids is 1. The number of carbonyl (C=O) groups is 1. The lowest BCUT2D eigenvalue weighted by molar-refractivity contribution is -0.137. The molecule has 0 saturated carbocycles. The molecular formula is C10H17N3O4S. The number of carboxylic acid groups (broad SMARTS) is 1. The summed E-state index contributed by atoms with van der Waals surface area (Å²) in [6, 6.07) is 0.790. The summed E-state index contributed by atoms with van der Waals surface area (Å²) in [4.78, 5) is 10.7. The van der Waals surface area contributed by atoms with Crippen molar-refractivity contribution in [1.82, 2.24) is 14.1 Å². The van der Waals surface area contributed by atoms with Crippen LogP contribution in [0.1, 0.15) is 20.3 Å². The largest absolute Gasteiger partial charge is 0.481 e. The standard InChI is InChI=1S/C10H17N3O4S/c1-4-13(8(2)7-10(14)15)18(16,17)9-5-6-11-12(9)3/h5-6,8H,4,7H2,1-3H3,(H,14,15). The third kappa shape index (κ3) is 2.88. The molecule has 7 nitrogen and oxygen atoms in total. The molecule has 1 atom stereocenters. The zero-order chi connectivity index (χ0) is 13.9. The van der Waals surface area contributed by atoms with Gasteiger partial charge in [-0.05, 0) is 13.0 Å². The molecule has 0 radical (unpaired) electrons. The molecule has 0 bridgehead atoms. The van der Waals surface area contributed by atoms with E-state index in [0.717, 1.165) is 4.31 Å². The van der Waals surface area contributed by atoms with Crippen LogP contribution in [0.15, 0.2) is 17.3 Å². The van der Waals surface area contributed by atoms with Gasteiger partial charge in [0.05, 0.1) is 12.6 Å². The van der Waals surface area contributed by atoms with Gasteiger partial charge in [0.15, 0.2) is 5.03 Å². The van der Waals surface area contributed by atoms with Crippen LogP contribution in [-0.2, 0) is 21.9 Å². The Balaban J connectivity index is 3.09. The summed E-state index contributed by atoms with van der Waals surface area (Å²) in [5.74, 6) is -1.03. The quantitative estimate of drug-likeness (QED) is 0.805. The number of aromatic nitrogens is 2. The minimum atomic E-state index is -3.71. The molecule has 0 saturated heterocycles. The average Bonchev–Trinajstić information content (AvgIpc) is 2.64. The van der Waals surface area contributed by atoms with Crippen LogP contribution in [0.25, 0.3) is 0 Å². The maximum Gasteiger partial charge on any atom is 0.304 e. The topological polar surface area (TPSA) is 92.5 Å². The number of nitrogens with zero attached hydrogens (tertiary/aromatic N) is 3. The number of hydrogen-bond donors (Lipinski definition) is 1. The fourth-order valence-electron chi connectivity index (χ4n) is 1.81. The first-order valence-electron chi connectivity index (χ1n) is 5.52. The van der Waals surface area contributed by atoms with E-state index in [2.05, 4.69) is 5.10 Å². The summed E-state index contributed by atoms with van der Waals surface area (Å²) in [5, 5.41) is 12.6. The highest BCUT2D eigenvalue weighted by molar-refractivity contribution is 7.89. The van der Waals surface area contributed by atoms with Crippen molar-refractivity contribution in [2.75, 3.05) is 6.54 Å². The lowest BCUT2D eigenvalue weighted by atomic mass is 10.2. The Morgan fingerprint density at radius 1 is 1.61 bits per heavy atom. The van der Waals surface area contributed by atoms with Crippen LogP contribution >= 0.6 is 0 Å². The van der Waals surface area contributed by atoms with E-state index in [-0.39, 0.29) is 18.0 Å². The molecule has 0 aliphatic rings. The number of aliphatic carboxylic acids is 1. The van der Waals surface area contributed by atoms with Crippen molar-refractivity contribution in [3.63, 3.8) is 0 Å². The first-order chi connectivity index (χ1) is 8.30. The molecule has 0 spiro atoms. The number of rotatable bonds is 6. The molecule has 0 aliphatic carbocycles. The van der Waals surface area contributed by atoms with Gasteiger partial charge < -0.3 is 5.11 Å². The second-order valence-corrected chi connectivity index (χ2v) is 5.79. The zero-order valence-electron chi connectivity index (χ0n) is 10.6. The van der Waals surface area contributed by atoms with E-state index in [0.29, 0.717) is 0 Å². The minimum Gasteiger partial charge on any atom is -0.481 e. The second-order valence-electron chi connectivity index (χ2n) is 3.95. The van der Waals surface area contributed by atoms with Gasteiger partial charge in [0.25, 0.3) is 10.0 Å². The molecule has 0 aliphatic heterocycles. The minimum absolute atomic E-state index is 0.0570. The van der Waals surface area contributed by atoms with E-state index in [1.807, 2.05) is 0 Å². The van der Waals surface area contributed by atoms with Crippen LogP contribution in [0.2, 0.25) is 0 Å². The molecular weight excluding hydrogens is 258 g/mol. The Morgan fingerprint density at radius 3 is 2.61 bits per heavy atom. The number of aryl methyl sites for hydroxylation is 1. The molecule has 1 unspecified atom stereocenters. The Kier molecular flexibility index (Phi) is 4.47. The highest BCUT2D eigenvalue weighted by Gasteiger charge is 2.30. The zero-order valence-corrected chi connectivity index (χ0v) is 11.4. The maximum absolute atomic E-state index is 12.3. The third-order valence-electron chi connectivity index (χ3n) is 2.62. The van der Waals surface area contributed by atoms with Gasteiger partial charge in [-0.25, -0.2) is 8.42 Å². The molecule has 18 heavy (non-hydrogen) atoms. The van der Waals surface area contributed by atoms with Crippen molar-refractivity contribution in [3.8, 4) is 0 Å². The lowest BCUT2D eigenvalue weighted by Gasteiger charge is -2.25. The number of sulfonamides is 1. The average molecular weight is 275 g/mol. The first-order valence-corrected chi connectivity index (χ1v) is 6.96. The second kappa shape index (κ2) is 5.49. The third-order valence-corrected chi connectivity index (χ3v) is 4.79. The van der Waals surface area contributed by atoms with Gasteiger partial charge in [-0.3, -0.25) is 9.48 Å². The van der Waals surface area contributed by atoms with Gasteiger partial charge in [0.2, 0.25) is 0 Å². The molecule has 0 fully saturated rings. The molecule has 8 heteroatoms. The van der Waals surface area contributed by atoms with Gasteiger partial charge in [0.1, 0.15) is 0 Å². The molecule has 1 aromatic heterocycles. The molecule has 102 valence electrons. The van der Waals surface area contributed by atoms with Crippen molar-refractivity contribution < 1.29 is 18.3 Å². The SMILES string of the molecule is CCN(C(C)CC(=O)O)S(=O)(=O)c1ccnn1C. The molecule has 1 aromatic rings. The van der Waals surface area contributed by atoms with Gasteiger partial charge in [-0.2, -0.15) is 9.40 Å². The normalized spacial score (nSPS) is 13.8. The highest BCUT2D eigenvalue weighted by atomic mass is 32.2. The van der Waals surface area contributed by atoms with Crippen molar-refractivity contribution >= 4 is 16.0 Å². The Labute approximate surface area is 106 Å². The van der Waals surface area contributed by atoms with Crippen molar-refractivity contribution in [3.05, 3.63) is 12.3 Å². The Hall–Kier alpha value is -1.41. The van der Waals surface area contributed by atoms with E-state index in [4.69, 9.17) is 5.11 Å². The van der Waals surface area contributed by atoms with Crippen LogP contribution in [0.5, 0.6) is 0 Å². The van der Waals surface area contributed by atoms with E-state index in [1.165, 1.54) is 24.0 Å². The molecule has 1 heterocycles. The van der Waals surface area contributed by atoms with Crippen LogP contribution in [0.4, 0.5) is 0 Å². The highest BCUT2D eigenvalue weighted by Crippen LogP contribution is 2.18. The number of hydrogen-bond acceptors (Lipinski definition) is 4. The van der Waals surface area contributed by atoms with Gasteiger partial charge >= 0.3 is 5.97 Å². The summed E-state index contributed by atoms with van der Waals surface area (Å²) >= 11 is 0. The summed E-state index contributed by atoms with van der Waals surface area (Å²) < 4.78 is 27.1. The Morgan fingerprint density at radius 2 is 2.22 bits per heavy atom. The van der Waals surface area contributed by atoms with Crippen molar-refractivity contribution in [2.24, 2.45) is 7.05 Å². The first kappa shape index (κ1) is 14.7. The van der Waals surface area contributed by atoms with E-state index >= 15 is 0 Å². The Bertz CT molecular complexity index is 523. The van der Waals surface area contributed by atoms with Crippen LogP contribution in [-0.4, -0.2) is 46.2 Å². The smallest absolute Gasteiger partial charge is 0.304 e. The van der Waals surface area contributed by atoms with Crippen LogP contribution < -0.4 is 0 Å². The van der Waals surface area contributed by atoms with E-state index in [9.17, 15) is 13.2 Å². The summed E-state index contributed by atoms with van der Waals surface area (Å²) in [6.07, 6.45) is 1.16. The van der Waals surface area contributed by atoms with Crippen LogP contribution in [0, 0.1) is 0 Å².